The van der Waals surface area contributed by atoms with Crippen molar-refractivity contribution in [3.8, 4) is 0 Å². The Morgan fingerprint density at radius 2 is 1.94 bits per heavy atom. The molecule has 0 radical (unpaired) electrons. The topological polar surface area (TPSA) is 32.3 Å². The summed E-state index contributed by atoms with van der Waals surface area (Å²) in [5.74, 6) is -0.112. The van der Waals surface area contributed by atoms with Crippen molar-refractivity contribution in [3.63, 3.8) is 0 Å². The van der Waals surface area contributed by atoms with Crippen LogP contribution in [0.15, 0.2) is 36.4 Å². The highest BCUT2D eigenvalue weighted by atomic mass is 16.1. The molecular weight excluding hydrogens is 200 g/mol. The number of carbonyl (C=O) groups is 1. The number of aryl methyl sites for hydroxylation is 1. The first kappa shape index (κ1) is 12.3. The van der Waals surface area contributed by atoms with Crippen LogP contribution in [-0.2, 0) is 4.79 Å². The number of anilines is 1. The predicted molar refractivity (Wildman–Crippen MR) is 67.4 cm³/mol. The minimum atomic E-state index is -0.112. The molecule has 0 unspecified atom stereocenters. The van der Waals surface area contributed by atoms with E-state index in [1.807, 2.05) is 43.1 Å². The van der Waals surface area contributed by atoms with Crippen molar-refractivity contribution in [2.75, 3.05) is 18.6 Å². The number of rotatable bonds is 4. The van der Waals surface area contributed by atoms with Gasteiger partial charge in [-0.15, -0.1) is 0 Å². The fourth-order valence-electron chi connectivity index (χ4n) is 1.23. The molecule has 86 valence electrons. The third kappa shape index (κ3) is 3.42. The van der Waals surface area contributed by atoms with Gasteiger partial charge in [0, 0.05) is 18.3 Å². The Kier molecular flexibility index (Phi) is 4.11. The largest absolute Gasteiger partial charge is 0.357 e. The van der Waals surface area contributed by atoms with Crippen LogP contribution in [0.4, 0.5) is 5.69 Å². The lowest BCUT2D eigenvalue weighted by molar-refractivity contribution is -0.117. The summed E-state index contributed by atoms with van der Waals surface area (Å²) in [4.78, 5) is 13.3. The Labute approximate surface area is 96.8 Å². The molecule has 1 aromatic carbocycles. The quantitative estimate of drug-likeness (QED) is 0.620. The van der Waals surface area contributed by atoms with Gasteiger partial charge in [-0.2, -0.15) is 0 Å². The van der Waals surface area contributed by atoms with Crippen molar-refractivity contribution in [3.05, 3.63) is 42.0 Å². The van der Waals surface area contributed by atoms with Crippen LogP contribution in [0.3, 0.4) is 0 Å². The van der Waals surface area contributed by atoms with E-state index in [1.165, 1.54) is 5.56 Å². The normalized spacial score (nSPS) is 9.69. The maximum atomic E-state index is 11.3. The van der Waals surface area contributed by atoms with E-state index in [0.717, 1.165) is 5.69 Å². The number of carbonyl (C=O) groups excluding carboxylic acids is 1. The predicted octanol–water partition coefficient (Wildman–Crippen LogP) is 2.08. The zero-order chi connectivity index (χ0) is 12.1. The van der Waals surface area contributed by atoms with Crippen LogP contribution < -0.4 is 10.2 Å². The van der Waals surface area contributed by atoms with Crippen molar-refractivity contribution < 1.29 is 4.79 Å². The van der Waals surface area contributed by atoms with Crippen molar-refractivity contribution in [1.82, 2.24) is 5.32 Å². The first-order valence-electron chi connectivity index (χ1n) is 5.22. The van der Waals surface area contributed by atoms with Crippen LogP contribution in [0.2, 0.25) is 0 Å². The maximum Gasteiger partial charge on any atom is 0.247 e. The molecule has 0 saturated heterocycles. The summed E-state index contributed by atoms with van der Waals surface area (Å²) in [6.07, 6.45) is 0. The monoisotopic (exact) mass is 218 g/mol. The lowest BCUT2D eigenvalue weighted by Gasteiger charge is -2.20. The third-order valence-electron chi connectivity index (χ3n) is 2.34. The van der Waals surface area contributed by atoms with Crippen LogP contribution in [0, 0.1) is 6.92 Å². The first-order chi connectivity index (χ1) is 7.50. The fraction of sp³-hybridized carbons (Fsp3) is 0.308. The minimum Gasteiger partial charge on any atom is -0.357 e. The summed E-state index contributed by atoms with van der Waals surface area (Å²) in [6, 6.07) is 8.16. The lowest BCUT2D eigenvalue weighted by atomic mass is 10.2. The number of amides is 1. The molecule has 0 atom stereocenters. The fourth-order valence-corrected chi connectivity index (χ4v) is 1.23. The maximum absolute atomic E-state index is 11.3. The summed E-state index contributed by atoms with van der Waals surface area (Å²) in [7, 11) is 1.93. The summed E-state index contributed by atoms with van der Waals surface area (Å²) in [5, 5.41) is 2.78. The van der Waals surface area contributed by atoms with Crippen LogP contribution >= 0.6 is 0 Å². The second kappa shape index (κ2) is 5.35. The number of hydrogen-bond acceptors (Lipinski definition) is 2. The van der Waals surface area contributed by atoms with E-state index in [9.17, 15) is 4.79 Å². The first-order valence-corrected chi connectivity index (χ1v) is 5.22. The zero-order valence-electron chi connectivity index (χ0n) is 10.1. The molecule has 0 saturated carbocycles. The molecule has 0 bridgehead atoms. The highest BCUT2D eigenvalue weighted by Gasteiger charge is 2.03. The van der Waals surface area contributed by atoms with E-state index in [2.05, 4.69) is 11.9 Å². The van der Waals surface area contributed by atoms with Gasteiger partial charge in [-0.25, -0.2) is 0 Å². The number of benzene rings is 1. The van der Waals surface area contributed by atoms with Gasteiger partial charge in [-0.05, 0) is 26.0 Å². The summed E-state index contributed by atoms with van der Waals surface area (Å²) in [5.41, 5.74) is 2.83. The minimum absolute atomic E-state index is 0.112. The van der Waals surface area contributed by atoms with Crippen molar-refractivity contribution in [2.45, 2.75) is 13.8 Å². The van der Waals surface area contributed by atoms with Crippen LogP contribution in [0.25, 0.3) is 0 Å². The molecule has 3 heteroatoms. The Bertz CT molecular complexity index is 381. The van der Waals surface area contributed by atoms with Gasteiger partial charge >= 0.3 is 0 Å². The Morgan fingerprint density at radius 3 is 2.44 bits per heavy atom. The van der Waals surface area contributed by atoms with Crippen LogP contribution in [-0.4, -0.2) is 19.6 Å². The van der Waals surface area contributed by atoms with E-state index in [0.29, 0.717) is 12.2 Å². The molecule has 1 amide bonds. The van der Waals surface area contributed by atoms with E-state index >= 15 is 0 Å². The van der Waals surface area contributed by atoms with E-state index in [1.54, 1.807) is 6.92 Å². The van der Waals surface area contributed by atoms with Gasteiger partial charge in [-0.3, -0.25) is 4.79 Å². The standard InChI is InChI=1S/C13H18N2O/c1-10(2)13(16)14-9-15(4)12-7-5-11(3)6-8-12/h5-8H,1,9H2,2-4H3,(H,14,16). The second-order valence-corrected chi connectivity index (χ2v) is 3.98. The average Bonchev–Trinajstić information content (AvgIpc) is 2.26. The van der Waals surface area contributed by atoms with Crippen molar-refractivity contribution in [1.29, 1.82) is 0 Å². The molecule has 0 spiro atoms. The second-order valence-electron chi connectivity index (χ2n) is 3.98. The zero-order valence-corrected chi connectivity index (χ0v) is 10.1. The molecular formula is C13H18N2O. The van der Waals surface area contributed by atoms with Gasteiger partial charge < -0.3 is 10.2 Å². The molecule has 0 aliphatic carbocycles. The number of nitrogens with one attached hydrogen (secondary N) is 1. The molecule has 0 heterocycles. The number of nitrogens with zero attached hydrogens (tertiary/aromatic N) is 1. The van der Waals surface area contributed by atoms with Crippen LogP contribution in [0.5, 0.6) is 0 Å². The van der Waals surface area contributed by atoms with E-state index in [4.69, 9.17) is 0 Å². The van der Waals surface area contributed by atoms with Gasteiger partial charge in [-0.1, -0.05) is 24.3 Å². The summed E-state index contributed by atoms with van der Waals surface area (Å²) >= 11 is 0. The van der Waals surface area contributed by atoms with Gasteiger partial charge in [0.2, 0.25) is 5.91 Å². The molecule has 3 nitrogen and oxygen atoms in total. The average molecular weight is 218 g/mol. The SMILES string of the molecule is C=C(C)C(=O)NCN(C)c1ccc(C)cc1. The Morgan fingerprint density at radius 1 is 1.38 bits per heavy atom. The van der Waals surface area contributed by atoms with Crippen LogP contribution in [0.1, 0.15) is 12.5 Å². The third-order valence-corrected chi connectivity index (χ3v) is 2.34. The number of hydrogen-bond donors (Lipinski definition) is 1. The summed E-state index contributed by atoms with van der Waals surface area (Å²) < 4.78 is 0. The van der Waals surface area contributed by atoms with Gasteiger partial charge in [0.15, 0.2) is 0 Å². The molecule has 0 aliphatic heterocycles. The summed E-state index contributed by atoms with van der Waals surface area (Å²) in [6.45, 7) is 7.81. The molecule has 0 aliphatic rings. The molecule has 1 N–H and O–H groups in total. The molecule has 16 heavy (non-hydrogen) atoms. The van der Waals surface area contributed by atoms with Crippen molar-refractivity contribution >= 4 is 11.6 Å². The highest BCUT2D eigenvalue weighted by molar-refractivity contribution is 5.92. The Balaban J connectivity index is 2.52. The van der Waals surface area contributed by atoms with Gasteiger partial charge in [0.05, 0.1) is 6.67 Å². The van der Waals surface area contributed by atoms with Gasteiger partial charge in [0.25, 0.3) is 0 Å². The highest BCUT2D eigenvalue weighted by Crippen LogP contribution is 2.12. The molecule has 1 rings (SSSR count). The lowest BCUT2D eigenvalue weighted by Crippen LogP contribution is -2.35. The van der Waals surface area contributed by atoms with E-state index < -0.39 is 0 Å². The smallest absolute Gasteiger partial charge is 0.247 e. The molecule has 0 fully saturated rings. The molecule has 0 aromatic heterocycles. The molecule has 1 aromatic rings. The Hall–Kier alpha value is -1.77. The van der Waals surface area contributed by atoms with Crippen molar-refractivity contribution in [2.24, 2.45) is 0 Å². The van der Waals surface area contributed by atoms with E-state index in [-0.39, 0.29) is 5.91 Å². The van der Waals surface area contributed by atoms with Gasteiger partial charge in [0.1, 0.15) is 0 Å².